The van der Waals surface area contributed by atoms with Crippen LogP contribution < -0.4 is 20.1 Å². The lowest BCUT2D eigenvalue weighted by molar-refractivity contribution is 0.355. The SMILES string of the molecule is COc1ccc(/C(C(C)=N)=C2\N=C(C)C=C(NCc3ccc(O)cc3)N2)cc1OC. The van der Waals surface area contributed by atoms with Gasteiger partial charge >= 0.3 is 0 Å². The number of rotatable bonds is 7. The first kappa shape index (κ1) is 21.0. The Morgan fingerprint density at radius 3 is 2.43 bits per heavy atom. The number of allylic oxidation sites excluding steroid dienone is 2. The second-order valence-corrected chi connectivity index (χ2v) is 6.87. The first-order valence-electron chi connectivity index (χ1n) is 9.49. The minimum Gasteiger partial charge on any atom is -0.508 e. The third-order valence-electron chi connectivity index (χ3n) is 4.60. The van der Waals surface area contributed by atoms with E-state index in [-0.39, 0.29) is 5.75 Å². The summed E-state index contributed by atoms with van der Waals surface area (Å²) in [4.78, 5) is 4.62. The zero-order valence-electron chi connectivity index (χ0n) is 17.5. The molecule has 4 N–H and O–H groups in total. The maximum absolute atomic E-state index is 9.43. The van der Waals surface area contributed by atoms with E-state index in [9.17, 15) is 5.11 Å². The highest BCUT2D eigenvalue weighted by atomic mass is 16.5. The first-order chi connectivity index (χ1) is 14.4. The predicted molar refractivity (Wildman–Crippen MR) is 119 cm³/mol. The van der Waals surface area contributed by atoms with Gasteiger partial charge in [0.15, 0.2) is 11.5 Å². The Balaban J connectivity index is 1.90. The van der Waals surface area contributed by atoms with E-state index in [0.29, 0.717) is 35.1 Å². The smallest absolute Gasteiger partial charge is 0.161 e. The van der Waals surface area contributed by atoms with Crippen LogP contribution in [0.1, 0.15) is 25.0 Å². The van der Waals surface area contributed by atoms with Gasteiger partial charge in [0.2, 0.25) is 0 Å². The fourth-order valence-corrected chi connectivity index (χ4v) is 3.16. The molecule has 0 aromatic heterocycles. The van der Waals surface area contributed by atoms with Crippen LogP contribution in [-0.2, 0) is 6.54 Å². The van der Waals surface area contributed by atoms with Gasteiger partial charge in [-0.1, -0.05) is 18.2 Å². The standard InChI is InChI=1S/C23H26N4O3/c1-14-11-21(25-13-16-5-8-18(28)9-6-16)27-23(26-14)22(15(2)24)17-7-10-19(29-3)20(12-17)30-4/h5-12,24-25,27-28H,13H2,1-4H3/b23-22+,24-15?. The molecular formula is C23H26N4O3. The van der Waals surface area contributed by atoms with E-state index in [1.54, 1.807) is 33.3 Å². The van der Waals surface area contributed by atoms with E-state index in [1.165, 1.54) is 0 Å². The second kappa shape index (κ2) is 9.17. The molecule has 1 heterocycles. The van der Waals surface area contributed by atoms with Gasteiger partial charge in [-0.2, -0.15) is 0 Å². The van der Waals surface area contributed by atoms with Gasteiger partial charge in [0.25, 0.3) is 0 Å². The van der Waals surface area contributed by atoms with Crippen molar-refractivity contribution in [3.63, 3.8) is 0 Å². The molecule has 30 heavy (non-hydrogen) atoms. The summed E-state index contributed by atoms with van der Waals surface area (Å²) in [7, 11) is 3.17. The number of methoxy groups -OCH3 is 2. The fourth-order valence-electron chi connectivity index (χ4n) is 3.16. The van der Waals surface area contributed by atoms with Gasteiger partial charge < -0.3 is 30.6 Å². The third-order valence-corrected chi connectivity index (χ3v) is 4.60. The highest BCUT2D eigenvalue weighted by molar-refractivity contribution is 6.22. The number of ether oxygens (including phenoxy) is 2. The molecule has 7 heteroatoms. The van der Waals surface area contributed by atoms with Crippen LogP contribution in [0.2, 0.25) is 0 Å². The zero-order valence-corrected chi connectivity index (χ0v) is 17.5. The largest absolute Gasteiger partial charge is 0.508 e. The molecule has 0 saturated heterocycles. The normalized spacial score (nSPS) is 14.8. The van der Waals surface area contributed by atoms with Crippen LogP contribution in [0.5, 0.6) is 17.2 Å². The van der Waals surface area contributed by atoms with Crippen LogP contribution >= 0.6 is 0 Å². The number of hydrogen-bond acceptors (Lipinski definition) is 7. The van der Waals surface area contributed by atoms with Crippen LogP contribution in [0.15, 0.2) is 65.2 Å². The van der Waals surface area contributed by atoms with Crippen molar-refractivity contribution >= 4 is 17.0 Å². The Morgan fingerprint density at radius 2 is 1.80 bits per heavy atom. The van der Waals surface area contributed by atoms with Crippen LogP contribution in [-0.4, -0.2) is 30.7 Å². The van der Waals surface area contributed by atoms with Crippen molar-refractivity contribution in [2.75, 3.05) is 14.2 Å². The van der Waals surface area contributed by atoms with Crippen molar-refractivity contribution in [2.24, 2.45) is 4.99 Å². The van der Waals surface area contributed by atoms with Gasteiger partial charge in [-0.05, 0) is 55.3 Å². The summed E-state index contributed by atoms with van der Waals surface area (Å²) < 4.78 is 10.7. The predicted octanol–water partition coefficient (Wildman–Crippen LogP) is 3.81. The third kappa shape index (κ3) is 4.81. The number of aromatic hydroxyl groups is 1. The lowest BCUT2D eigenvalue weighted by Crippen LogP contribution is -2.30. The number of aliphatic imine (C=N–C) groups is 1. The van der Waals surface area contributed by atoms with Gasteiger partial charge in [-0.25, -0.2) is 4.99 Å². The zero-order chi connectivity index (χ0) is 21.7. The number of nitrogens with one attached hydrogen (secondary N) is 3. The van der Waals surface area contributed by atoms with Crippen molar-refractivity contribution in [2.45, 2.75) is 20.4 Å². The number of nitrogens with zero attached hydrogens (tertiary/aromatic N) is 1. The Hall–Kier alpha value is -3.74. The van der Waals surface area contributed by atoms with E-state index in [1.807, 2.05) is 43.3 Å². The van der Waals surface area contributed by atoms with Gasteiger partial charge in [-0.3, -0.25) is 0 Å². The van der Waals surface area contributed by atoms with Crippen LogP contribution in [0.25, 0.3) is 5.57 Å². The van der Waals surface area contributed by atoms with Crippen molar-refractivity contribution in [1.29, 1.82) is 5.41 Å². The molecule has 0 amide bonds. The van der Waals surface area contributed by atoms with Gasteiger partial charge in [0, 0.05) is 23.5 Å². The van der Waals surface area contributed by atoms with Gasteiger partial charge in [0.05, 0.1) is 14.2 Å². The van der Waals surface area contributed by atoms with Crippen LogP contribution in [0.3, 0.4) is 0 Å². The molecule has 2 aromatic rings. The van der Waals surface area contributed by atoms with Crippen LogP contribution in [0.4, 0.5) is 0 Å². The summed E-state index contributed by atoms with van der Waals surface area (Å²) in [6.07, 6.45) is 1.91. The Labute approximate surface area is 176 Å². The Bertz CT molecular complexity index is 1040. The number of benzene rings is 2. The lowest BCUT2D eigenvalue weighted by Gasteiger charge is -2.21. The average molecular weight is 406 g/mol. The minimum atomic E-state index is 0.239. The second-order valence-electron chi connectivity index (χ2n) is 6.87. The monoisotopic (exact) mass is 406 g/mol. The van der Waals surface area contributed by atoms with E-state index < -0.39 is 0 Å². The molecule has 1 aliphatic heterocycles. The fraction of sp³-hybridized carbons (Fsp3) is 0.217. The van der Waals surface area contributed by atoms with Gasteiger partial charge in [0.1, 0.15) is 17.4 Å². The van der Waals surface area contributed by atoms with Crippen molar-refractivity contribution in [1.82, 2.24) is 10.6 Å². The van der Waals surface area contributed by atoms with E-state index >= 15 is 0 Å². The molecule has 0 unspecified atom stereocenters. The summed E-state index contributed by atoms with van der Waals surface area (Å²) in [6.45, 7) is 4.22. The highest BCUT2D eigenvalue weighted by Gasteiger charge is 2.18. The van der Waals surface area contributed by atoms with Crippen molar-refractivity contribution in [3.8, 4) is 17.2 Å². The van der Waals surface area contributed by atoms with Crippen molar-refractivity contribution in [3.05, 3.63) is 71.3 Å². The number of phenolic OH excluding ortho intramolecular Hbond substituents is 1. The molecule has 0 radical (unpaired) electrons. The summed E-state index contributed by atoms with van der Waals surface area (Å²) in [6, 6.07) is 12.6. The Morgan fingerprint density at radius 1 is 1.10 bits per heavy atom. The number of hydrogen-bond donors (Lipinski definition) is 4. The van der Waals surface area contributed by atoms with Gasteiger partial charge in [-0.15, -0.1) is 0 Å². The van der Waals surface area contributed by atoms with E-state index in [0.717, 1.165) is 22.7 Å². The molecule has 7 nitrogen and oxygen atoms in total. The Kier molecular flexibility index (Phi) is 6.41. The molecule has 0 bridgehead atoms. The summed E-state index contributed by atoms with van der Waals surface area (Å²) in [5.41, 5.74) is 3.70. The molecular weight excluding hydrogens is 380 g/mol. The molecule has 1 aliphatic rings. The van der Waals surface area contributed by atoms with E-state index in [2.05, 4.69) is 15.6 Å². The summed E-state index contributed by atoms with van der Waals surface area (Å²) in [5, 5.41) is 24.4. The molecule has 3 rings (SSSR count). The molecule has 0 atom stereocenters. The topological polar surface area (TPSA) is 99.0 Å². The maximum atomic E-state index is 9.43. The molecule has 0 spiro atoms. The van der Waals surface area contributed by atoms with Crippen molar-refractivity contribution < 1.29 is 14.6 Å². The van der Waals surface area contributed by atoms with Crippen LogP contribution in [0, 0.1) is 5.41 Å². The molecule has 0 fully saturated rings. The molecule has 0 saturated carbocycles. The molecule has 0 aliphatic carbocycles. The average Bonchev–Trinajstić information content (AvgIpc) is 2.72. The summed E-state index contributed by atoms with van der Waals surface area (Å²) >= 11 is 0. The maximum Gasteiger partial charge on any atom is 0.161 e. The number of phenols is 1. The highest BCUT2D eigenvalue weighted by Crippen LogP contribution is 2.32. The first-order valence-corrected chi connectivity index (χ1v) is 9.49. The molecule has 2 aromatic carbocycles. The minimum absolute atomic E-state index is 0.239. The lowest BCUT2D eigenvalue weighted by atomic mass is 10.0. The quantitative estimate of drug-likeness (QED) is 0.524. The van der Waals surface area contributed by atoms with E-state index in [4.69, 9.17) is 14.9 Å². The molecule has 156 valence electrons. The summed E-state index contributed by atoms with van der Waals surface area (Å²) in [5.74, 6) is 2.82.